The standard InChI is InChI=1S/C23H36N2O4/c1-7-8-19-20(27)25(21(28)24-19)13-17(26)14-29-18-11-9-16(10-12-18)23(5,6)15-22(2,3)4/h9-12,17,19,26H,7-8,13-15H2,1-6H3,(H,24,28)/t17-,19+/m1/s1. The SMILES string of the molecule is CCC[C@@H]1NC(=O)N(C[C@@H](O)COc2ccc(C(C)(C)CC(C)(C)C)cc2)C1=O. The Hall–Kier alpha value is -2.08. The number of hydrogen-bond donors (Lipinski definition) is 2. The van der Waals surface area contributed by atoms with Crippen molar-refractivity contribution in [3.8, 4) is 5.75 Å². The number of urea groups is 1. The predicted molar refractivity (Wildman–Crippen MR) is 114 cm³/mol. The molecule has 0 spiro atoms. The lowest BCUT2D eigenvalue weighted by Crippen LogP contribution is -2.40. The molecule has 1 aliphatic rings. The third-order valence-electron chi connectivity index (χ3n) is 5.13. The maximum Gasteiger partial charge on any atom is 0.324 e. The molecule has 1 fully saturated rings. The second-order valence-electron chi connectivity index (χ2n) is 9.85. The lowest BCUT2D eigenvalue weighted by atomic mass is 9.72. The van der Waals surface area contributed by atoms with E-state index in [1.54, 1.807) is 0 Å². The van der Waals surface area contributed by atoms with E-state index in [4.69, 9.17) is 4.74 Å². The third kappa shape index (κ3) is 6.46. The van der Waals surface area contributed by atoms with Crippen LogP contribution in [0.15, 0.2) is 24.3 Å². The number of carbonyl (C=O) groups excluding carboxylic acids is 2. The molecule has 2 atom stereocenters. The summed E-state index contributed by atoms with van der Waals surface area (Å²) in [5.74, 6) is 0.377. The first-order valence-electron chi connectivity index (χ1n) is 10.5. The predicted octanol–water partition coefficient (Wildman–Crippen LogP) is 3.86. The monoisotopic (exact) mass is 404 g/mol. The van der Waals surface area contributed by atoms with E-state index >= 15 is 0 Å². The average molecular weight is 405 g/mol. The van der Waals surface area contributed by atoms with Gasteiger partial charge in [-0.25, -0.2) is 4.79 Å². The number of benzene rings is 1. The summed E-state index contributed by atoms with van der Waals surface area (Å²) in [6, 6.07) is 6.98. The van der Waals surface area contributed by atoms with Crippen molar-refractivity contribution in [2.24, 2.45) is 5.41 Å². The van der Waals surface area contributed by atoms with Crippen molar-refractivity contribution in [2.45, 2.75) is 78.4 Å². The van der Waals surface area contributed by atoms with Crippen molar-refractivity contribution in [2.75, 3.05) is 13.2 Å². The number of ether oxygens (including phenoxy) is 1. The molecule has 2 rings (SSSR count). The molecule has 0 bridgehead atoms. The summed E-state index contributed by atoms with van der Waals surface area (Å²) in [7, 11) is 0. The summed E-state index contributed by atoms with van der Waals surface area (Å²) in [5.41, 5.74) is 1.52. The Labute approximate surface area is 174 Å². The van der Waals surface area contributed by atoms with E-state index in [1.807, 2.05) is 19.1 Å². The van der Waals surface area contributed by atoms with Gasteiger partial charge in [0.05, 0.1) is 6.54 Å². The zero-order chi connectivity index (χ0) is 21.8. The largest absolute Gasteiger partial charge is 0.491 e. The molecular weight excluding hydrogens is 368 g/mol. The highest BCUT2D eigenvalue weighted by molar-refractivity contribution is 6.04. The van der Waals surface area contributed by atoms with Gasteiger partial charge >= 0.3 is 6.03 Å². The van der Waals surface area contributed by atoms with Gasteiger partial charge in [0, 0.05) is 0 Å². The van der Waals surface area contributed by atoms with Gasteiger partial charge in [0.25, 0.3) is 5.91 Å². The van der Waals surface area contributed by atoms with Gasteiger partial charge in [0.1, 0.15) is 24.5 Å². The molecule has 0 aromatic heterocycles. The van der Waals surface area contributed by atoms with Gasteiger partial charge in [-0.15, -0.1) is 0 Å². The van der Waals surface area contributed by atoms with E-state index in [0.717, 1.165) is 17.7 Å². The van der Waals surface area contributed by atoms with E-state index in [9.17, 15) is 14.7 Å². The lowest BCUT2D eigenvalue weighted by molar-refractivity contribution is -0.128. The van der Waals surface area contributed by atoms with Crippen LogP contribution in [0.3, 0.4) is 0 Å². The molecule has 1 aromatic carbocycles. The normalized spacial score (nSPS) is 18.7. The average Bonchev–Trinajstić information content (AvgIpc) is 2.86. The Kier molecular flexibility index (Phi) is 7.33. The van der Waals surface area contributed by atoms with Crippen LogP contribution in [0.4, 0.5) is 4.79 Å². The maximum atomic E-state index is 12.2. The number of nitrogens with one attached hydrogen (secondary N) is 1. The Morgan fingerprint density at radius 2 is 1.76 bits per heavy atom. The van der Waals surface area contributed by atoms with E-state index in [1.165, 1.54) is 5.56 Å². The fourth-order valence-electron chi connectivity index (χ4n) is 4.12. The first kappa shape index (κ1) is 23.2. The number of aliphatic hydroxyl groups excluding tert-OH is 1. The maximum absolute atomic E-state index is 12.2. The van der Waals surface area contributed by atoms with E-state index in [-0.39, 0.29) is 29.9 Å². The number of aliphatic hydroxyl groups is 1. The molecule has 0 saturated carbocycles. The lowest BCUT2D eigenvalue weighted by Gasteiger charge is -2.33. The summed E-state index contributed by atoms with van der Waals surface area (Å²) in [6.07, 6.45) is 1.52. The molecule has 3 amide bonds. The van der Waals surface area contributed by atoms with Crippen molar-refractivity contribution in [3.63, 3.8) is 0 Å². The molecular formula is C23H36N2O4. The summed E-state index contributed by atoms with van der Waals surface area (Å²) >= 11 is 0. The fraction of sp³-hybridized carbons (Fsp3) is 0.652. The van der Waals surface area contributed by atoms with Crippen molar-refractivity contribution in [1.29, 1.82) is 0 Å². The number of rotatable bonds is 9. The Balaban J connectivity index is 1.88. The van der Waals surface area contributed by atoms with Gasteiger partial charge in [0.15, 0.2) is 0 Å². The highest BCUT2D eigenvalue weighted by Gasteiger charge is 2.38. The summed E-state index contributed by atoms with van der Waals surface area (Å²) in [4.78, 5) is 25.3. The van der Waals surface area contributed by atoms with Gasteiger partial charge in [0.2, 0.25) is 0 Å². The topological polar surface area (TPSA) is 78.9 Å². The van der Waals surface area contributed by atoms with E-state index < -0.39 is 18.2 Å². The second kappa shape index (κ2) is 9.16. The van der Waals surface area contributed by atoms with Gasteiger partial charge in [-0.3, -0.25) is 9.69 Å². The molecule has 1 aromatic rings. The van der Waals surface area contributed by atoms with Crippen LogP contribution in [0.2, 0.25) is 0 Å². The van der Waals surface area contributed by atoms with Crippen LogP contribution in [-0.4, -0.2) is 47.2 Å². The minimum absolute atomic E-state index is 0.0141. The molecule has 0 radical (unpaired) electrons. The molecule has 0 aliphatic carbocycles. The Morgan fingerprint density at radius 3 is 2.31 bits per heavy atom. The minimum atomic E-state index is -0.943. The number of carbonyl (C=O) groups is 2. The smallest absolute Gasteiger partial charge is 0.324 e. The molecule has 2 N–H and O–H groups in total. The highest BCUT2D eigenvalue weighted by atomic mass is 16.5. The molecule has 1 aliphatic heterocycles. The van der Waals surface area contributed by atoms with E-state index in [0.29, 0.717) is 12.2 Å². The fourth-order valence-corrected chi connectivity index (χ4v) is 4.12. The van der Waals surface area contributed by atoms with Gasteiger partial charge < -0.3 is 15.2 Å². The number of nitrogens with zero attached hydrogens (tertiary/aromatic N) is 1. The van der Waals surface area contributed by atoms with Crippen molar-refractivity contribution in [3.05, 3.63) is 29.8 Å². The van der Waals surface area contributed by atoms with Crippen molar-refractivity contribution >= 4 is 11.9 Å². The molecule has 162 valence electrons. The van der Waals surface area contributed by atoms with Crippen molar-refractivity contribution < 1.29 is 19.4 Å². The van der Waals surface area contributed by atoms with Crippen LogP contribution >= 0.6 is 0 Å². The molecule has 0 unspecified atom stereocenters. The zero-order valence-corrected chi connectivity index (χ0v) is 18.6. The van der Waals surface area contributed by atoms with Gasteiger partial charge in [-0.1, -0.05) is 60.1 Å². The first-order chi connectivity index (χ1) is 13.4. The van der Waals surface area contributed by atoms with E-state index in [2.05, 4.69) is 52.1 Å². The van der Waals surface area contributed by atoms with Gasteiger partial charge in [-0.05, 0) is 41.4 Å². The number of hydrogen-bond acceptors (Lipinski definition) is 4. The number of imide groups is 1. The Bertz CT molecular complexity index is 707. The zero-order valence-electron chi connectivity index (χ0n) is 18.6. The molecule has 29 heavy (non-hydrogen) atoms. The Morgan fingerprint density at radius 1 is 1.14 bits per heavy atom. The number of β-amino-alcohol motifs (C(OH)–C–C–N with tert-alkyl or cyclic N) is 1. The third-order valence-corrected chi connectivity index (χ3v) is 5.13. The summed E-state index contributed by atoms with van der Waals surface area (Å²) < 4.78 is 5.67. The van der Waals surface area contributed by atoms with Crippen LogP contribution in [0, 0.1) is 5.41 Å². The van der Waals surface area contributed by atoms with Crippen LogP contribution in [0.1, 0.15) is 66.4 Å². The minimum Gasteiger partial charge on any atom is -0.491 e. The molecule has 1 heterocycles. The highest BCUT2D eigenvalue weighted by Crippen LogP contribution is 2.36. The molecule has 6 nitrogen and oxygen atoms in total. The molecule has 1 saturated heterocycles. The first-order valence-corrected chi connectivity index (χ1v) is 10.5. The quantitative estimate of drug-likeness (QED) is 0.613. The molecule has 6 heteroatoms. The van der Waals surface area contributed by atoms with Crippen LogP contribution < -0.4 is 10.1 Å². The second-order valence-corrected chi connectivity index (χ2v) is 9.85. The van der Waals surface area contributed by atoms with Crippen LogP contribution in [0.5, 0.6) is 5.75 Å². The van der Waals surface area contributed by atoms with Crippen molar-refractivity contribution in [1.82, 2.24) is 10.2 Å². The van der Waals surface area contributed by atoms with Crippen LogP contribution in [-0.2, 0) is 10.2 Å². The number of amides is 3. The summed E-state index contributed by atoms with van der Waals surface area (Å²) in [6.45, 7) is 13.1. The van der Waals surface area contributed by atoms with Crippen LogP contribution in [0.25, 0.3) is 0 Å². The van der Waals surface area contributed by atoms with Gasteiger partial charge in [-0.2, -0.15) is 0 Å². The summed E-state index contributed by atoms with van der Waals surface area (Å²) in [5, 5.41) is 12.9.